The molecular formula is C21H20ClFN4O3S2. The van der Waals surface area contributed by atoms with Gasteiger partial charge in [0, 0.05) is 18.9 Å². The lowest BCUT2D eigenvalue weighted by Crippen LogP contribution is -2.53. The third-order valence-electron chi connectivity index (χ3n) is 5.09. The van der Waals surface area contributed by atoms with E-state index in [2.05, 4.69) is 15.0 Å². The van der Waals surface area contributed by atoms with Crippen LogP contribution < -0.4 is 14.8 Å². The molecule has 1 amide bonds. The van der Waals surface area contributed by atoms with Gasteiger partial charge < -0.3 is 10.1 Å². The monoisotopic (exact) mass is 494 g/mol. The van der Waals surface area contributed by atoms with Crippen LogP contribution in [0.5, 0.6) is 5.75 Å². The molecule has 0 radical (unpaired) electrons. The summed E-state index contributed by atoms with van der Waals surface area (Å²) in [4.78, 5) is 18.4. The smallest absolute Gasteiger partial charge is 0.242 e. The zero-order valence-electron chi connectivity index (χ0n) is 17.2. The molecule has 1 fully saturated rings. The van der Waals surface area contributed by atoms with Crippen molar-refractivity contribution in [1.29, 1.82) is 0 Å². The number of aromatic nitrogens is 1. The number of rotatable bonds is 5. The zero-order valence-corrected chi connectivity index (χ0v) is 19.6. The Kier molecular flexibility index (Phi) is 6.87. The molecule has 1 saturated heterocycles. The van der Waals surface area contributed by atoms with Gasteiger partial charge in [0.25, 0.3) is 0 Å². The van der Waals surface area contributed by atoms with Crippen LogP contribution in [0.25, 0.3) is 10.4 Å². The maximum Gasteiger partial charge on any atom is 0.242 e. The van der Waals surface area contributed by atoms with Gasteiger partial charge in [0.1, 0.15) is 22.6 Å². The van der Waals surface area contributed by atoms with Crippen molar-refractivity contribution in [1.82, 2.24) is 14.0 Å². The number of hydrogen-bond donors (Lipinski definition) is 2. The largest absolute Gasteiger partial charge is 0.497 e. The fraction of sp³-hybridized carbons (Fsp3) is 0.238. The van der Waals surface area contributed by atoms with Gasteiger partial charge in [0.15, 0.2) is 11.2 Å². The molecule has 0 saturated carbocycles. The van der Waals surface area contributed by atoms with E-state index < -0.39 is 23.0 Å². The van der Waals surface area contributed by atoms with Crippen LogP contribution >= 0.6 is 22.9 Å². The summed E-state index contributed by atoms with van der Waals surface area (Å²) in [6.45, 7) is 0. The van der Waals surface area contributed by atoms with Crippen molar-refractivity contribution in [2.24, 2.45) is 0 Å². The number of anilines is 1. The molecule has 1 aliphatic heterocycles. The van der Waals surface area contributed by atoms with Crippen molar-refractivity contribution in [3.05, 3.63) is 64.5 Å². The van der Waals surface area contributed by atoms with E-state index in [0.717, 1.165) is 21.2 Å². The number of halogens is 2. The molecular weight excluding hydrogens is 475 g/mol. The van der Waals surface area contributed by atoms with E-state index in [1.807, 2.05) is 24.3 Å². The number of nitrogens with zero attached hydrogens (tertiary/aromatic N) is 2. The topological polar surface area (TPSA) is 83.6 Å². The molecule has 2 N–H and O–H groups in total. The number of methoxy groups -OCH3 is 1. The number of amides is 1. The SMILES string of the molecule is COc1ccc(-c2cnc(C3CC(C(=O)Nc4ccc(F)c(Cl)c4)N(C)S(=O)N3)s2)cc1. The molecule has 0 spiro atoms. The summed E-state index contributed by atoms with van der Waals surface area (Å²) < 4.78 is 35.7. The molecule has 3 aromatic rings. The van der Waals surface area contributed by atoms with Crippen molar-refractivity contribution >= 4 is 45.7 Å². The Labute approximate surface area is 196 Å². The number of ether oxygens (including phenoxy) is 1. The zero-order chi connectivity index (χ0) is 22.8. The first-order chi connectivity index (χ1) is 15.4. The minimum absolute atomic E-state index is 0.0863. The van der Waals surface area contributed by atoms with Gasteiger partial charge in [-0.3, -0.25) is 4.79 Å². The van der Waals surface area contributed by atoms with Crippen LogP contribution in [0.2, 0.25) is 5.02 Å². The number of carbonyl (C=O) groups excluding carboxylic acids is 1. The summed E-state index contributed by atoms with van der Waals surface area (Å²) in [6, 6.07) is 10.5. The standard InChI is InChI=1S/C21H20ClFN4O3S2/c1-27-18(20(28)25-13-5-8-16(23)15(22)9-13)10-17(26-32(27)29)21-24-11-19(31-21)12-3-6-14(30-2)7-4-12/h3-9,11,17-18,26H,10H2,1-2H3,(H,25,28). The molecule has 0 bridgehead atoms. The van der Waals surface area contributed by atoms with E-state index in [1.54, 1.807) is 20.4 Å². The molecule has 1 aromatic heterocycles. The lowest BCUT2D eigenvalue weighted by Gasteiger charge is -2.34. The molecule has 3 atom stereocenters. The van der Waals surface area contributed by atoms with Crippen molar-refractivity contribution in [2.45, 2.75) is 18.5 Å². The number of likely N-dealkylation sites (N-methyl/N-ethyl adjacent to an activating group) is 1. The first kappa shape index (κ1) is 22.8. The quantitative estimate of drug-likeness (QED) is 0.558. The van der Waals surface area contributed by atoms with Crippen LogP contribution in [0.15, 0.2) is 48.7 Å². The van der Waals surface area contributed by atoms with Gasteiger partial charge in [-0.1, -0.05) is 11.6 Å². The van der Waals surface area contributed by atoms with E-state index in [9.17, 15) is 13.4 Å². The number of hydrogen-bond acceptors (Lipinski definition) is 5. The summed E-state index contributed by atoms with van der Waals surface area (Å²) >= 11 is 5.69. The summed E-state index contributed by atoms with van der Waals surface area (Å²) in [7, 11) is 3.22. The summed E-state index contributed by atoms with van der Waals surface area (Å²) in [6.07, 6.45) is 2.12. The molecule has 2 aromatic carbocycles. The van der Waals surface area contributed by atoms with Crippen LogP contribution in [-0.2, 0) is 16.0 Å². The Morgan fingerprint density at radius 3 is 2.78 bits per heavy atom. The van der Waals surface area contributed by atoms with Crippen molar-refractivity contribution < 1.29 is 18.1 Å². The predicted molar refractivity (Wildman–Crippen MR) is 124 cm³/mol. The van der Waals surface area contributed by atoms with Gasteiger partial charge in [-0.05, 0) is 54.4 Å². The molecule has 4 rings (SSSR count). The van der Waals surface area contributed by atoms with E-state index in [0.29, 0.717) is 12.1 Å². The highest BCUT2D eigenvalue weighted by atomic mass is 35.5. The molecule has 32 heavy (non-hydrogen) atoms. The van der Waals surface area contributed by atoms with Gasteiger partial charge in [0.05, 0.1) is 23.1 Å². The fourth-order valence-corrected chi connectivity index (χ4v) is 5.57. The Morgan fingerprint density at radius 1 is 1.34 bits per heavy atom. The predicted octanol–water partition coefficient (Wildman–Crippen LogP) is 4.16. The lowest BCUT2D eigenvalue weighted by molar-refractivity contribution is -0.120. The Morgan fingerprint density at radius 2 is 2.09 bits per heavy atom. The first-order valence-electron chi connectivity index (χ1n) is 9.62. The molecule has 168 valence electrons. The van der Waals surface area contributed by atoms with Crippen LogP contribution in [0.3, 0.4) is 0 Å². The second-order valence-electron chi connectivity index (χ2n) is 7.13. The number of benzene rings is 2. The maximum atomic E-state index is 13.4. The van der Waals surface area contributed by atoms with E-state index >= 15 is 0 Å². The second kappa shape index (κ2) is 9.63. The fourth-order valence-electron chi connectivity index (χ4n) is 3.30. The highest BCUT2D eigenvalue weighted by molar-refractivity contribution is 7.80. The molecule has 2 heterocycles. The first-order valence-corrected chi connectivity index (χ1v) is 11.9. The molecule has 3 unspecified atom stereocenters. The van der Waals surface area contributed by atoms with E-state index in [-0.39, 0.29) is 17.0 Å². The van der Waals surface area contributed by atoms with Crippen LogP contribution in [0.1, 0.15) is 17.5 Å². The molecule has 11 heteroatoms. The second-order valence-corrected chi connectivity index (χ2v) is 9.91. The highest BCUT2D eigenvalue weighted by Gasteiger charge is 2.37. The average Bonchev–Trinajstić information content (AvgIpc) is 3.28. The highest BCUT2D eigenvalue weighted by Crippen LogP contribution is 2.34. The third kappa shape index (κ3) is 4.84. The molecule has 0 aliphatic carbocycles. The van der Waals surface area contributed by atoms with Crippen molar-refractivity contribution in [3.63, 3.8) is 0 Å². The Balaban J connectivity index is 1.51. The van der Waals surface area contributed by atoms with Crippen LogP contribution in [0.4, 0.5) is 10.1 Å². The average molecular weight is 495 g/mol. The lowest BCUT2D eigenvalue weighted by atomic mass is 10.1. The molecule has 7 nitrogen and oxygen atoms in total. The van der Waals surface area contributed by atoms with Crippen molar-refractivity contribution in [3.8, 4) is 16.2 Å². The maximum absolute atomic E-state index is 13.4. The van der Waals surface area contributed by atoms with Crippen molar-refractivity contribution in [2.75, 3.05) is 19.5 Å². The number of nitrogens with one attached hydrogen (secondary N) is 2. The Bertz CT molecular complexity index is 1160. The van der Waals surface area contributed by atoms with Gasteiger partial charge in [-0.15, -0.1) is 11.3 Å². The van der Waals surface area contributed by atoms with Crippen LogP contribution in [-0.4, -0.2) is 39.6 Å². The van der Waals surface area contributed by atoms with Crippen LogP contribution in [0, 0.1) is 5.82 Å². The minimum Gasteiger partial charge on any atom is -0.497 e. The summed E-state index contributed by atoms with van der Waals surface area (Å²) in [5, 5.41) is 3.37. The summed E-state index contributed by atoms with van der Waals surface area (Å²) in [5.74, 6) is -0.162. The van der Waals surface area contributed by atoms with E-state index in [4.69, 9.17) is 16.3 Å². The number of thiazole rings is 1. The summed E-state index contributed by atoms with van der Waals surface area (Å²) in [5.41, 5.74) is 1.36. The minimum atomic E-state index is -1.59. The number of carbonyl (C=O) groups is 1. The Hall–Kier alpha value is -2.37. The van der Waals surface area contributed by atoms with Gasteiger partial charge in [0.2, 0.25) is 5.91 Å². The molecule has 1 aliphatic rings. The van der Waals surface area contributed by atoms with E-state index in [1.165, 1.54) is 33.8 Å². The van der Waals surface area contributed by atoms with Gasteiger partial charge in [-0.25, -0.2) is 22.6 Å². The third-order valence-corrected chi connectivity index (χ3v) is 7.80. The van der Waals surface area contributed by atoms with Gasteiger partial charge in [-0.2, -0.15) is 0 Å². The normalized spacial score (nSPS) is 21.3. The van der Waals surface area contributed by atoms with Gasteiger partial charge >= 0.3 is 0 Å².